The van der Waals surface area contributed by atoms with Gasteiger partial charge >= 0.3 is 5.97 Å². The van der Waals surface area contributed by atoms with E-state index >= 15 is 0 Å². The van der Waals surface area contributed by atoms with Crippen LogP contribution in [0.3, 0.4) is 0 Å². The third-order valence-corrected chi connectivity index (χ3v) is 6.79. The average molecular weight is 524 g/mol. The number of hydrogen-bond acceptors (Lipinski definition) is 8. The van der Waals surface area contributed by atoms with Crippen LogP contribution >= 0.6 is 11.6 Å². The first-order chi connectivity index (χ1) is 18.3. The van der Waals surface area contributed by atoms with E-state index in [0.29, 0.717) is 41.2 Å². The summed E-state index contributed by atoms with van der Waals surface area (Å²) in [7, 11) is 0. The quantitative estimate of drug-likeness (QED) is 0.339. The van der Waals surface area contributed by atoms with E-state index < -0.39 is 5.97 Å². The lowest BCUT2D eigenvalue weighted by Gasteiger charge is -2.30. The number of fused-ring (bicyclic) bond motifs is 2. The predicted octanol–water partition coefficient (Wildman–Crippen LogP) is 5.16. The number of nitrogens with one attached hydrogen (secondary N) is 1. The maximum Gasteiger partial charge on any atom is 0.356 e. The Balaban J connectivity index is 1.56. The number of benzene rings is 2. The second-order valence-corrected chi connectivity index (χ2v) is 9.58. The molecule has 9 nitrogen and oxygen atoms in total. The summed E-state index contributed by atoms with van der Waals surface area (Å²) in [4.78, 5) is 27.3. The molecular formula is C28H22ClN7O2. The van der Waals surface area contributed by atoms with Crippen molar-refractivity contribution in [2.24, 2.45) is 0 Å². The molecule has 3 heterocycles. The number of pyridine rings is 1. The van der Waals surface area contributed by atoms with Gasteiger partial charge in [-0.1, -0.05) is 23.7 Å². The van der Waals surface area contributed by atoms with E-state index in [0.717, 1.165) is 28.7 Å². The highest BCUT2D eigenvalue weighted by molar-refractivity contribution is 6.29. The van der Waals surface area contributed by atoms with Gasteiger partial charge in [0.2, 0.25) is 0 Å². The number of aromatic nitrogens is 3. The summed E-state index contributed by atoms with van der Waals surface area (Å²) in [6.45, 7) is 5.01. The van der Waals surface area contributed by atoms with Gasteiger partial charge < -0.3 is 15.3 Å². The lowest BCUT2D eigenvalue weighted by atomic mass is 9.97. The van der Waals surface area contributed by atoms with Crippen molar-refractivity contribution in [3.63, 3.8) is 0 Å². The number of aromatic carboxylic acids is 1. The van der Waals surface area contributed by atoms with Crippen LogP contribution in [-0.2, 0) is 13.0 Å². The van der Waals surface area contributed by atoms with Gasteiger partial charge in [0, 0.05) is 18.7 Å². The lowest BCUT2D eigenvalue weighted by molar-refractivity contribution is 0.0691. The standard InChI is InChI=1S/C28H22ClN7O2/c1-15-9-20(16(2)32-21-5-6-24(29)34-26(21)28(37)38)25-22(10-15)33-23(13-31)27(35-25)36-8-7-18-11-17(12-30)3-4-19(18)14-36/h3-6,9-11,16,32H,7-8,14H2,1-2H3,(H,37,38). The molecule has 0 aliphatic carbocycles. The highest BCUT2D eigenvalue weighted by Crippen LogP contribution is 2.32. The Morgan fingerprint density at radius 2 is 1.92 bits per heavy atom. The molecule has 2 N–H and O–H groups in total. The molecule has 5 rings (SSSR count). The fourth-order valence-corrected chi connectivity index (χ4v) is 4.93. The molecule has 1 unspecified atom stereocenters. The summed E-state index contributed by atoms with van der Waals surface area (Å²) in [6.07, 6.45) is 0.718. The van der Waals surface area contributed by atoms with Crippen molar-refractivity contribution < 1.29 is 9.90 Å². The van der Waals surface area contributed by atoms with Crippen molar-refractivity contribution in [3.8, 4) is 12.1 Å². The number of carboxylic acids is 1. The van der Waals surface area contributed by atoms with Crippen LogP contribution in [-0.4, -0.2) is 32.6 Å². The summed E-state index contributed by atoms with van der Waals surface area (Å²) in [5.41, 5.74) is 6.16. The minimum absolute atomic E-state index is 0.0908. The molecule has 1 aliphatic heterocycles. The van der Waals surface area contributed by atoms with E-state index in [1.807, 2.05) is 43.0 Å². The Morgan fingerprint density at radius 3 is 2.66 bits per heavy atom. The minimum Gasteiger partial charge on any atom is -0.476 e. The number of nitrogens with zero attached hydrogens (tertiary/aromatic N) is 6. The average Bonchev–Trinajstić information content (AvgIpc) is 2.91. The monoisotopic (exact) mass is 523 g/mol. The second kappa shape index (κ2) is 9.97. The first kappa shape index (κ1) is 24.9. The van der Waals surface area contributed by atoms with Gasteiger partial charge in [-0.2, -0.15) is 10.5 Å². The second-order valence-electron chi connectivity index (χ2n) is 9.20. The molecule has 0 spiro atoms. The molecular weight excluding hydrogens is 502 g/mol. The van der Waals surface area contributed by atoms with Crippen LogP contribution in [0, 0.1) is 29.6 Å². The van der Waals surface area contributed by atoms with Gasteiger partial charge in [0.05, 0.1) is 34.4 Å². The van der Waals surface area contributed by atoms with E-state index in [2.05, 4.69) is 27.4 Å². The van der Waals surface area contributed by atoms with Gasteiger partial charge in [-0.25, -0.2) is 19.7 Å². The molecule has 0 saturated heterocycles. The van der Waals surface area contributed by atoms with Gasteiger partial charge in [-0.05, 0) is 67.3 Å². The van der Waals surface area contributed by atoms with Crippen LogP contribution in [0.1, 0.15) is 57.0 Å². The minimum atomic E-state index is -1.19. The Labute approximate surface area is 224 Å². The van der Waals surface area contributed by atoms with E-state index in [1.54, 1.807) is 12.1 Å². The highest BCUT2D eigenvalue weighted by atomic mass is 35.5. The van der Waals surface area contributed by atoms with Gasteiger partial charge in [0.1, 0.15) is 11.2 Å². The van der Waals surface area contributed by atoms with E-state index in [-0.39, 0.29) is 22.6 Å². The first-order valence-electron chi connectivity index (χ1n) is 11.9. The molecule has 38 heavy (non-hydrogen) atoms. The van der Waals surface area contributed by atoms with Crippen LogP contribution in [0.2, 0.25) is 5.15 Å². The number of nitriles is 2. The van der Waals surface area contributed by atoms with Crippen LogP contribution in [0.25, 0.3) is 11.0 Å². The molecule has 10 heteroatoms. The third kappa shape index (κ3) is 4.68. The summed E-state index contributed by atoms with van der Waals surface area (Å²) in [6, 6.07) is 16.6. The molecule has 0 bridgehead atoms. The first-order valence-corrected chi connectivity index (χ1v) is 12.3. The van der Waals surface area contributed by atoms with Crippen LogP contribution < -0.4 is 10.2 Å². The predicted molar refractivity (Wildman–Crippen MR) is 143 cm³/mol. The largest absolute Gasteiger partial charge is 0.476 e. The number of anilines is 2. The van der Waals surface area contributed by atoms with Crippen molar-refractivity contribution in [3.05, 3.63) is 86.8 Å². The van der Waals surface area contributed by atoms with E-state index in [9.17, 15) is 20.4 Å². The lowest BCUT2D eigenvalue weighted by Crippen LogP contribution is -2.32. The SMILES string of the molecule is Cc1cc(C(C)Nc2ccc(Cl)nc2C(=O)O)c2nc(N3CCc4cc(C#N)ccc4C3)c(C#N)nc2c1. The van der Waals surface area contributed by atoms with Gasteiger partial charge in [0.25, 0.3) is 0 Å². The number of rotatable bonds is 5. The smallest absolute Gasteiger partial charge is 0.356 e. The number of carboxylic acid groups (broad SMARTS) is 1. The number of halogens is 1. The zero-order valence-electron chi connectivity index (χ0n) is 20.7. The van der Waals surface area contributed by atoms with Gasteiger partial charge in [0.15, 0.2) is 17.2 Å². The topological polar surface area (TPSA) is 139 Å². The Hall–Kier alpha value is -4.73. The third-order valence-electron chi connectivity index (χ3n) is 6.58. The Morgan fingerprint density at radius 1 is 1.11 bits per heavy atom. The zero-order chi connectivity index (χ0) is 27.0. The van der Waals surface area contributed by atoms with E-state index in [1.165, 1.54) is 6.07 Å². The van der Waals surface area contributed by atoms with Crippen LogP contribution in [0.15, 0.2) is 42.5 Å². The molecule has 0 radical (unpaired) electrons. The molecule has 0 amide bonds. The summed E-state index contributed by atoms with van der Waals surface area (Å²) in [5, 5.41) is 32.0. The maximum absolute atomic E-state index is 11.7. The molecule has 2 aromatic carbocycles. The Bertz CT molecular complexity index is 1690. The molecule has 1 aliphatic rings. The summed E-state index contributed by atoms with van der Waals surface area (Å²) in [5.74, 6) is -0.698. The van der Waals surface area contributed by atoms with Crippen molar-refractivity contribution in [2.75, 3.05) is 16.8 Å². The molecule has 0 fully saturated rings. The van der Waals surface area contributed by atoms with Crippen LogP contribution in [0.5, 0.6) is 0 Å². The van der Waals surface area contributed by atoms with E-state index in [4.69, 9.17) is 16.6 Å². The van der Waals surface area contributed by atoms with Gasteiger partial charge in [-0.3, -0.25) is 0 Å². The number of hydrogen-bond donors (Lipinski definition) is 2. The van der Waals surface area contributed by atoms with Gasteiger partial charge in [-0.15, -0.1) is 0 Å². The number of aryl methyl sites for hydroxylation is 1. The molecule has 1 atom stereocenters. The van der Waals surface area contributed by atoms with Crippen molar-refractivity contribution in [2.45, 2.75) is 32.9 Å². The Kier molecular flexibility index (Phi) is 6.54. The van der Waals surface area contributed by atoms with Crippen molar-refractivity contribution >= 4 is 40.1 Å². The molecule has 188 valence electrons. The van der Waals surface area contributed by atoms with Crippen molar-refractivity contribution in [1.82, 2.24) is 15.0 Å². The maximum atomic E-state index is 11.7. The normalized spacial score (nSPS) is 13.3. The highest BCUT2D eigenvalue weighted by Gasteiger charge is 2.24. The molecule has 0 saturated carbocycles. The number of carbonyl (C=O) groups is 1. The fraction of sp³-hybridized carbons (Fsp3) is 0.214. The molecule has 4 aromatic rings. The van der Waals surface area contributed by atoms with Crippen molar-refractivity contribution in [1.29, 1.82) is 10.5 Å². The fourth-order valence-electron chi connectivity index (χ4n) is 4.78. The summed E-state index contributed by atoms with van der Waals surface area (Å²) >= 11 is 5.91. The van der Waals surface area contributed by atoms with Crippen LogP contribution in [0.4, 0.5) is 11.5 Å². The summed E-state index contributed by atoms with van der Waals surface area (Å²) < 4.78 is 0. The molecule has 2 aromatic heterocycles. The zero-order valence-corrected chi connectivity index (χ0v) is 21.4.